The van der Waals surface area contributed by atoms with Gasteiger partial charge in [0.2, 0.25) is 0 Å². The van der Waals surface area contributed by atoms with Crippen molar-refractivity contribution in [3.8, 4) is 11.3 Å². The number of nitrogens with two attached hydrogens (primary N) is 1. The van der Waals surface area contributed by atoms with Crippen molar-refractivity contribution < 1.29 is 4.79 Å². The Kier molecular flexibility index (Phi) is 10.0. The van der Waals surface area contributed by atoms with Crippen LogP contribution in [-0.4, -0.2) is 24.0 Å². The topological polar surface area (TPSA) is 68.0 Å². The number of aryl methyl sites for hydroxylation is 1. The molecule has 0 spiro atoms. The highest BCUT2D eigenvalue weighted by atomic mass is 35.5. The predicted molar refractivity (Wildman–Crippen MR) is 97.4 cm³/mol. The number of rotatable bonds is 6. The number of carbonyl (C=O) groups excluding carboxylic acids is 1. The van der Waals surface area contributed by atoms with Gasteiger partial charge in [-0.2, -0.15) is 0 Å². The van der Waals surface area contributed by atoms with Gasteiger partial charge >= 0.3 is 0 Å². The van der Waals surface area contributed by atoms with Gasteiger partial charge in [-0.3, -0.25) is 4.79 Å². The average molecular weight is 362 g/mol. The van der Waals surface area contributed by atoms with Gasteiger partial charge in [0.1, 0.15) is 4.88 Å². The number of nitrogens with one attached hydrogen (secondary N) is 1. The van der Waals surface area contributed by atoms with Crippen LogP contribution in [0.15, 0.2) is 30.3 Å². The molecule has 1 heterocycles. The van der Waals surface area contributed by atoms with Crippen molar-refractivity contribution >= 4 is 42.1 Å². The van der Waals surface area contributed by atoms with Crippen LogP contribution < -0.4 is 11.1 Å². The van der Waals surface area contributed by atoms with Gasteiger partial charge in [0, 0.05) is 12.1 Å². The lowest BCUT2D eigenvalue weighted by molar-refractivity contribution is 0.0957. The second kappa shape index (κ2) is 10.6. The zero-order valence-corrected chi connectivity index (χ0v) is 14.8. The number of halogens is 2. The first-order valence-electron chi connectivity index (χ1n) is 6.73. The third kappa shape index (κ3) is 5.57. The zero-order valence-electron chi connectivity index (χ0n) is 12.4. The maximum absolute atomic E-state index is 12.2. The Balaban J connectivity index is 0.00000220. The first kappa shape index (κ1) is 20.9. The van der Waals surface area contributed by atoms with E-state index >= 15 is 0 Å². The molecule has 22 heavy (non-hydrogen) atoms. The number of unbranched alkanes of at least 4 members (excludes halogenated alkanes) is 1. The number of nitrogens with zero attached hydrogens (tertiary/aromatic N) is 1. The van der Waals surface area contributed by atoms with Crippen molar-refractivity contribution in [3.63, 3.8) is 0 Å². The van der Waals surface area contributed by atoms with Crippen LogP contribution in [0, 0.1) is 6.92 Å². The minimum atomic E-state index is -0.0496. The molecule has 1 aromatic heterocycles. The number of thiazole rings is 1. The smallest absolute Gasteiger partial charge is 0.263 e. The lowest BCUT2D eigenvalue weighted by Gasteiger charge is -2.05. The van der Waals surface area contributed by atoms with E-state index in [0.717, 1.165) is 29.1 Å². The molecule has 4 nitrogen and oxygen atoms in total. The van der Waals surface area contributed by atoms with Gasteiger partial charge in [-0.15, -0.1) is 36.2 Å². The Morgan fingerprint density at radius 1 is 1.23 bits per heavy atom. The van der Waals surface area contributed by atoms with Crippen molar-refractivity contribution in [2.45, 2.75) is 19.8 Å². The molecule has 2 rings (SSSR count). The number of aromatic nitrogens is 1. The molecular weight excluding hydrogens is 341 g/mol. The highest BCUT2D eigenvalue weighted by Gasteiger charge is 2.17. The predicted octanol–water partition coefficient (Wildman–Crippen LogP) is 3.43. The molecule has 1 amide bonds. The summed E-state index contributed by atoms with van der Waals surface area (Å²) in [6, 6.07) is 9.80. The zero-order chi connectivity index (χ0) is 14.4. The molecule has 2 aromatic rings. The maximum atomic E-state index is 12.2. The van der Waals surface area contributed by atoms with Gasteiger partial charge in [0.25, 0.3) is 5.91 Å². The molecule has 0 aliphatic rings. The number of benzene rings is 1. The van der Waals surface area contributed by atoms with Gasteiger partial charge in [-0.25, -0.2) is 4.98 Å². The third-order valence-corrected chi connectivity index (χ3v) is 3.87. The van der Waals surface area contributed by atoms with Gasteiger partial charge in [0.15, 0.2) is 0 Å². The van der Waals surface area contributed by atoms with Gasteiger partial charge in [0.05, 0.1) is 10.7 Å². The average Bonchev–Trinajstić information content (AvgIpc) is 2.86. The first-order chi connectivity index (χ1) is 9.72. The molecule has 122 valence electrons. The van der Waals surface area contributed by atoms with E-state index in [9.17, 15) is 4.79 Å². The molecule has 3 N–H and O–H groups in total. The van der Waals surface area contributed by atoms with Crippen molar-refractivity contribution in [1.29, 1.82) is 0 Å². The van der Waals surface area contributed by atoms with E-state index in [1.54, 1.807) is 0 Å². The highest BCUT2D eigenvalue weighted by Crippen LogP contribution is 2.27. The summed E-state index contributed by atoms with van der Waals surface area (Å²) >= 11 is 1.43. The van der Waals surface area contributed by atoms with Crippen LogP contribution in [-0.2, 0) is 0 Å². The molecule has 0 bridgehead atoms. The second-order valence-corrected chi connectivity index (χ2v) is 5.73. The number of amides is 1. The van der Waals surface area contributed by atoms with Gasteiger partial charge in [-0.05, 0) is 26.3 Å². The summed E-state index contributed by atoms with van der Waals surface area (Å²) in [5, 5.41) is 3.83. The normalized spacial score (nSPS) is 9.55. The van der Waals surface area contributed by atoms with Crippen LogP contribution in [0.25, 0.3) is 11.3 Å². The second-order valence-electron chi connectivity index (χ2n) is 4.53. The van der Waals surface area contributed by atoms with E-state index in [0.29, 0.717) is 18.0 Å². The summed E-state index contributed by atoms with van der Waals surface area (Å²) in [5.41, 5.74) is 7.18. The van der Waals surface area contributed by atoms with Crippen molar-refractivity contribution in [1.82, 2.24) is 10.3 Å². The van der Waals surface area contributed by atoms with Crippen LogP contribution in [0.5, 0.6) is 0 Å². The van der Waals surface area contributed by atoms with Gasteiger partial charge in [-0.1, -0.05) is 30.3 Å². The minimum Gasteiger partial charge on any atom is -0.351 e. The van der Waals surface area contributed by atoms with E-state index in [1.165, 1.54) is 11.3 Å². The van der Waals surface area contributed by atoms with Crippen molar-refractivity contribution in [3.05, 3.63) is 40.2 Å². The van der Waals surface area contributed by atoms with Crippen LogP contribution in [0.3, 0.4) is 0 Å². The quantitative estimate of drug-likeness (QED) is 0.774. The lowest BCUT2D eigenvalue weighted by atomic mass is 10.1. The van der Waals surface area contributed by atoms with Crippen molar-refractivity contribution in [2.24, 2.45) is 5.73 Å². The third-order valence-electron chi connectivity index (χ3n) is 2.90. The molecule has 0 radical (unpaired) electrons. The fraction of sp³-hybridized carbons (Fsp3) is 0.333. The molecule has 0 saturated carbocycles. The van der Waals surface area contributed by atoms with E-state index in [1.807, 2.05) is 37.3 Å². The molecule has 0 saturated heterocycles. The Morgan fingerprint density at radius 3 is 2.55 bits per heavy atom. The van der Waals surface area contributed by atoms with Gasteiger partial charge < -0.3 is 11.1 Å². The number of hydrogen-bond donors (Lipinski definition) is 2. The number of carbonyl (C=O) groups is 1. The molecule has 7 heteroatoms. The Bertz CT molecular complexity index is 575. The van der Waals surface area contributed by atoms with Crippen LogP contribution in [0.2, 0.25) is 0 Å². The van der Waals surface area contributed by atoms with E-state index < -0.39 is 0 Å². The summed E-state index contributed by atoms with van der Waals surface area (Å²) in [6.45, 7) is 3.23. The molecule has 0 aliphatic heterocycles. The number of hydrogen-bond acceptors (Lipinski definition) is 4. The monoisotopic (exact) mass is 361 g/mol. The standard InChI is InChI=1S/C15H19N3OS.2ClH/c1-11-18-13(12-7-3-2-4-8-12)14(20-11)15(19)17-10-6-5-9-16;;/h2-4,7-8H,5-6,9-10,16H2,1H3,(H,17,19);2*1H. The Hall–Kier alpha value is -1.14. The SMILES string of the molecule is Cc1nc(-c2ccccc2)c(C(=O)NCCCCN)s1.Cl.Cl. The van der Waals surface area contributed by atoms with E-state index in [4.69, 9.17) is 5.73 Å². The Labute approximate surface area is 147 Å². The summed E-state index contributed by atoms with van der Waals surface area (Å²) < 4.78 is 0. The first-order valence-corrected chi connectivity index (χ1v) is 7.55. The minimum absolute atomic E-state index is 0. The lowest BCUT2D eigenvalue weighted by Crippen LogP contribution is -2.24. The highest BCUT2D eigenvalue weighted by molar-refractivity contribution is 7.14. The summed E-state index contributed by atoms with van der Waals surface area (Å²) in [7, 11) is 0. The van der Waals surface area contributed by atoms with E-state index in [2.05, 4.69) is 10.3 Å². The fourth-order valence-electron chi connectivity index (χ4n) is 1.92. The molecule has 0 unspecified atom stereocenters. The van der Waals surface area contributed by atoms with Crippen LogP contribution in [0.4, 0.5) is 0 Å². The summed E-state index contributed by atoms with van der Waals surface area (Å²) in [5.74, 6) is -0.0496. The molecular formula is C15H21Cl2N3OS. The molecule has 0 aliphatic carbocycles. The fourth-order valence-corrected chi connectivity index (χ4v) is 2.78. The summed E-state index contributed by atoms with van der Waals surface area (Å²) in [6.07, 6.45) is 1.83. The molecule has 1 aromatic carbocycles. The summed E-state index contributed by atoms with van der Waals surface area (Å²) in [4.78, 5) is 17.4. The largest absolute Gasteiger partial charge is 0.351 e. The van der Waals surface area contributed by atoms with Crippen LogP contribution in [0.1, 0.15) is 27.5 Å². The molecule has 0 atom stereocenters. The Morgan fingerprint density at radius 2 is 1.91 bits per heavy atom. The van der Waals surface area contributed by atoms with Crippen LogP contribution >= 0.6 is 36.2 Å². The maximum Gasteiger partial charge on any atom is 0.263 e. The molecule has 0 fully saturated rings. The van der Waals surface area contributed by atoms with E-state index in [-0.39, 0.29) is 30.7 Å². The van der Waals surface area contributed by atoms with Crippen molar-refractivity contribution in [2.75, 3.05) is 13.1 Å².